The lowest BCUT2D eigenvalue weighted by molar-refractivity contribution is 0.458. The molecular weight excluding hydrogens is 297 g/mol. The molecule has 3 nitrogen and oxygen atoms in total. The molecule has 0 aliphatic heterocycles. The molecule has 0 spiro atoms. The van der Waals surface area contributed by atoms with E-state index in [1.54, 1.807) is 0 Å². The molecule has 0 bridgehead atoms. The third-order valence-electron chi connectivity index (χ3n) is 3.67. The fraction of sp³-hybridized carbons (Fsp3) is 0.500. The van der Waals surface area contributed by atoms with Crippen molar-refractivity contribution in [1.82, 2.24) is 9.78 Å². The topological polar surface area (TPSA) is 29.9 Å². The van der Waals surface area contributed by atoms with Crippen LogP contribution in [0.25, 0.3) is 0 Å². The standard InChI is InChI=1S/C14H18FN3S.ClH/c1-10-8-14(16-9-12-6-7-13(15)19-12)17-18(10)11-4-2-3-5-11;/h6-8,11H,2-5,9H2,1H3,(H,16,17);1H. The highest BCUT2D eigenvalue weighted by atomic mass is 35.5. The van der Waals surface area contributed by atoms with Gasteiger partial charge in [-0.2, -0.15) is 9.49 Å². The zero-order valence-electron chi connectivity index (χ0n) is 11.4. The Morgan fingerprint density at radius 1 is 1.40 bits per heavy atom. The van der Waals surface area contributed by atoms with Crippen molar-refractivity contribution >= 4 is 29.6 Å². The molecule has 1 saturated carbocycles. The summed E-state index contributed by atoms with van der Waals surface area (Å²) in [5, 5.41) is 7.77. The first kappa shape index (κ1) is 15.3. The Labute approximate surface area is 128 Å². The molecule has 1 aliphatic rings. The molecule has 2 aromatic heterocycles. The van der Waals surface area contributed by atoms with Crippen molar-refractivity contribution < 1.29 is 4.39 Å². The van der Waals surface area contributed by atoms with Gasteiger partial charge in [-0.05, 0) is 31.9 Å². The Kier molecular flexibility index (Phi) is 5.05. The van der Waals surface area contributed by atoms with E-state index < -0.39 is 0 Å². The van der Waals surface area contributed by atoms with Crippen molar-refractivity contribution in [2.45, 2.75) is 45.2 Å². The number of hydrogen-bond acceptors (Lipinski definition) is 3. The molecule has 1 N–H and O–H groups in total. The Balaban J connectivity index is 0.00000147. The number of halogens is 2. The van der Waals surface area contributed by atoms with Crippen molar-refractivity contribution in [3.63, 3.8) is 0 Å². The average molecular weight is 316 g/mol. The summed E-state index contributed by atoms with van der Waals surface area (Å²) in [6.07, 6.45) is 5.08. The largest absolute Gasteiger partial charge is 0.364 e. The third-order valence-corrected chi connectivity index (χ3v) is 4.54. The van der Waals surface area contributed by atoms with E-state index in [9.17, 15) is 4.39 Å². The minimum Gasteiger partial charge on any atom is -0.364 e. The van der Waals surface area contributed by atoms with Gasteiger partial charge in [-0.25, -0.2) is 0 Å². The smallest absolute Gasteiger partial charge is 0.176 e. The first-order valence-electron chi connectivity index (χ1n) is 6.76. The maximum absolute atomic E-state index is 12.9. The normalized spacial score (nSPS) is 15.3. The van der Waals surface area contributed by atoms with Crippen LogP contribution in [0.1, 0.15) is 42.3 Å². The molecule has 1 aliphatic carbocycles. The van der Waals surface area contributed by atoms with Crippen LogP contribution in [0.3, 0.4) is 0 Å². The molecule has 1 fully saturated rings. The number of nitrogens with one attached hydrogen (secondary N) is 1. The summed E-state index contributed by atoms with van der Waals surface area (Å²) >= 11 is 1.18. The summed E-state index contributed by atoms with van der Waals surface area (Å²) in [4.78, 5) is 0.991. The second-order valence-corrected chi connectivity index (χ2v) is 6.23. The van der Waals surface area contributed by atoms with Gasteiger partial charge in [-0.1, -0.05) is 12.8 Å². The highest BCUT2D eigenvalue weighted by molar-refractivity contribution is 7.10. The van der Waals surface area contributed by atoms with Crippen LogP contribution in [-0.2, 0) is 6.54 Å². The van der Waals surface area contributed by atoms with Gasteiger partial charge in [0.15, 0.2) is 5.13 Å². The first-order chi connectivity index (χ1) is 9.22. The highest BCUT2D eigenvalue weighted by Crippen LogP contribution is 2.30. The molecule has 0 radical (unpaired) electrons. The predicted molar refractivity (Wildman–Crippen MR) is 83.3 cm³/mol. The Bertz CT molecular complexity index is 561. The molecule has 2 aromatic rings. The number of anilines is 1. The first-order valence-corrected chi connectivity index (χ1v) is 7.58. The molecule has 3 rings (SSSR count). The minimum absolute atomic E-state index is 0. The SMILES string of the molecule is Cc1cc(NCc2ccc(F)s2)nn1C1CCCC1.Cl. The number of hydrogen-bond donors (Lipinski definition) is 1. The van der Waals surface area contributed by atoms with Crippen molar-refractivity contribution in [2.75, 3.05) is 5.32 Å². The number of aryl methyl sites for hydroxylation is 1. The number of aromatic nitrogens is 2. The molecule has 0 saturated heterocycles. The molecule has 0 aromatic carbocycles. The zero-order chi connectivity index (χ0) is 13.2. The molecule has 2 heterocycles. The van der Waals surface area contributed by atoms with E-state index in [0.29, 0.717) is 12.6 Å². The third kappa shape index (κ3) is 3.33. The van der Waals surface area contributed by atoms with Gasteiger partial charge >= 0.3 is 0 Å². The van der Waals surface area contributed by atoms with Crippen LogP contribution >= 0.6 is 23.7 Å². The van der Waals surface area contributed by atoms with Gasteiger partial charge in [0.25, 0.3) is 0 Å². The lowest BCUT2D eigenvalue weighted by atomic mass is 10.2. The summed E-state index contributed by atoms with van der Waals surface area (Å²) in [7, 11) is 0. The fourth-order valence-corrected chi connectivity index (χ4v) is 3.38. The number of nitrogens with zero attached hydrogens (tertiary/aromatic N) is 2. The van der Waals surface area contributed by atoms with Gasteiger partial charge in [0.05, 0.1) is 12.6 Å². The van der Waals surface area contributed by atoms with Crippen LogP contribution in [0.4, 0.5) is 10.2 Å². The molecule has 0 unspecified atom stereocenters. The average Bonchev–Trinajstić information content (AvgIpc) is 3.07. The maximum Gasteiger partial charge on any atom is 0.176 e. The highest BCUT2D eigenvalue weighted by Gasteiger charge is 2.19. The Morgan fingerprint density at radius 2 is 2.15 bits per heavy atom. The van der Waals surface area contributed by atoms with Crippen LogP contribution in [0, 0.1) is 12.1 Å². The van der Waals surface area contributed by atoms with Crippen molar-refractivity contribution in [1.29, 1.82) is 0 Å². The molecule has 0 atom stereocenters. The van der Waals surface area contributed by atoms with E-state index >= 15 is 0 Å². The lowest BCUT2D eigenvalue weighted by Gasteiger charge is -2.11. The summed E-state index contributed by atoms with van der Waals surface area (Å²) < 4.78 is 15.0. The Morgan fingerprint density at radius 3 is 2.80 bits per heavy atom. The monoisotopic (exact) mass is 315 g/mol. The van der Waals surface area contributed by atoms with Crippen LogP contribution in [-0.4, -0.2) is 9.78 Å². The van der Waals surface area contributed by atoms with Gasteiger partial charge in [-0.15, -0.1) is 23.7 Å². The second-order valence-electron chi connectivity index (χ2n) is 5.11. The summed E-state index contributed by atoms with van der Waals surface area (Å²) in [6, 6.07) is 5.95. The zero-order valence-corrected chi connectivity index (χ0v) is 13.1. The van der Waals surface area contributed by atoms with Gasteiger partial charge in [0.1, 0.15) is 5.82 Å². The number of rotatable bonds is 4. The predicted octanol–water partition coefficient (Wildman–Crippen LogP) is 4.54. The summed E-state index contributed by atoms with van der Waals surface area (Å²) in [5.74, 6) is 0.887. The quantitative estimate of drug-likeness (QED) is 0.897. The van der Waals surface area contributed by atoms with E-state index in [1.165, 1.54) is 48.8 Å². The van der Waals surface area contributed by atoms with E-state index in [-0.39, 0.29) is 17.5 Å². The number of thiophene rings is 1. The maximum atomic E-state index is 12.9. The van der Waals surface area contributed by atoms with Crippen LogP contribution in [0.15, 0.2) is 18.2 Å². The van der Waals surface area contributed by atoms with Gasteiger partial charge in [0.2, 0.25) is 0 Å². The van der Waals surface area contributed by atoms with Crippen LogP contribution in [0.5, 0.6) is 0 Å². The van der Waals surface area contributed by atoms with Gasteiger partial charge < -0.3 is 5.32 Å². The van der Waals surface area contributed by atoms with E-state index in [0.717, 1.165) is 10.7 Å². The van der Waals surface area contributed by atoms with E-state index in [4.69, 9.17) is 0 Å². The molecule has 0 amide bonds. The van der Waals surface area contributed by atoms with Crippen LogP contribution in [0.2, 0.25) is 0 Å². The van der Waals surface area contributed by atoms with Crippen LogP contribution < -0.4 is 5.32 Å². The lowest BCUT2D eigenvalue weighted by Crippen LogP contribution is -2.08. The van der Waals surface area contributed by atoms with E-state index in [2.05, 4.69) is 28.1 Å². The van der Waals surface area contributed by atoms with Crippen molar-refractivity contribution in [3.8, 4) is 0 Å². The Hall–Kier alpha value is -1.07. The fourth-order valence-electron chi connectivity index (χ4n) is 2.72. The van der Waals surface area contributed by atoms with Gasteiger partial charge in [-0.3, -0.25) is 4.68 Å². The second kappa shape index (κ2) is 6.59. The van der Waals surface area contributed by atoms with Crippen molar-refractivity contribution in [2.24, 2.45) is 0 Å². The van der Waals surface area contributed by atoms with Crippen molar-refractivity contribution in [3.05, 3.63) is 33.9 Å². The molecule has 6 heteroatoms. The summed E-state index contributed by atoms with van der Waals surface area (Å²) in [5.41, 5.74) is 1.20. The van der Waals surface area contributed by atoms with E-state index in [1.807, 2.05) is 6.07 Å². The molecular formula is C14H19ClFN3S. The minimum atomic E-state index is -0.135. The summed E-state index contributed by atoms with van der Waals surface area (Å²) in [6.45, 7) is 2.73. The van der Waals surface area contributed by atoms with Gasteiger partial charge in [0, 0.05) is 16.6 Å². The molecule has 20 heavy (non-hydrogen) atoms. The molecule has 110 valence electrons.